The minimum absolute atomic E-state index is 0.00676. The molecule has 1 N–H and O–H groups in total. The van der Waals surface area contributed by atoms with Crippen LogP contribution in [-0.2, 0) is 13.6 Å². The van der Waals surface area contributed by atoms with E-state index in [1.54, 1.807) is 7.05 Å². The van der Waals surface area contributed by atoms with Gasteiger partial charge in [0.05, 0.1) is 6.54 Å². The second-order valence-electron chi connectivity index (χ2n) is 6.39. The Bertz CT molecular complexity index is 782. The zero-order valence-electron chi connectivity index (χ0n) is 14.4. The van der Waals surface area contributed by atoms with E-state index in [2.05, 4.69) is 32.3 Å². The highest BCUT2D eigenvalue weighted by Gasteiger charge is 2.42. The molecule has 0 aliphatic heterocycles. The van der Waals surface area contributed by atoms with Crippen molar-refractivity contribution in [2.24, 2.45) is 12.0 Å². The Balaban J connectivity index is 1.65. The van der Waals surface area contributed by atoms with Crippen LogP contribution >= 0.6 is 15.9 Å². The van der Waals surface area contributed by atoms with E-state index in [0.717, 1.165) is 10.2 Å². The summed E-state index contributed by atoms with van der Waals surface area (Å²) in [5, 5.41) is 3.31. The van der Waals surface area contributed by atoms with Gasteiger partial charge in [0.1, 0.15) is 11.6 Å². The van der Waals surface area contributed by atoms with Crippen LogP contribution in [0.1, 0.15) is 23.6 Å². The fourth-order valence-corrected chi connectivity index (χ4v) is 3.66. The van der Waals surface area contributed by atoms with Gasteiger partial charge in [-0.2, -0.15) is 0 Å². The molecule has 0 amide bonds. The highest BCUT2D eigenvalue weighted by atomic mass is 79.9. The van der Waals surface area contributed by atoms with Gasteiger partial charge in [0.15, 0.2) is 5.96 Å². The van der Waals surface area contributed by atoms with Gasteiger partial charge in [-0.25, -0.2) is 8.78 Å². The summed E-state index contributed by atoms with van der Waals surface area (Å²) in [6.07, 6.45) is 2.69. The van der Waals surface area contributed by atoms with Gasteiger partial charge >= 0.3 is 0 Å². The summed E-state index contributed by atoms with van der Waals surface area (Å²) in [6, 6.07) is 6.05. The lowest BCUT2D eigenvalue weighted by Crippen LogP contribution is -2.40. The number of guanidine groups is 1. The molecule has 0 saturated heterocycles. The lowest BCUT2D eigenvalue weighted by molar-refractivity contribution is 0.460. The van der Waals surface area contributed by atoms with E-state index in [9.17, 15) is 8.78 Å². The lowest BCUT2D eigenvalue weighted by Gasteiger charge is -2.22. The Morgan fingerprint density at radius 1 is 1.40 bits per heavy atom. The summed E-state index contributed by atoms with van der Waals surface area (Å²) >= 11 is 3.47. The smallest absolute Gasteiger partial charge is 0.193 e. The molecule has 1 saturated carbocycles. The first-order valence-corrected chi connectivity index (χ1v) is 8.89. The normalized spacial score (nSPS) is 19.8. The molecule has 2 unspecified atom stereocenters. The number of hydrogen-bond acceptors (Lipinski definition) is 1. The SMILES string of the molecule is CN=C(NC1CC1c1c(F)cccc1F)N(C)Cc1cc(Br)cn1C. The molecule has 134 valence electrons. The molecule has 1 aliphatic carbocycles. The van der Waals surface area contributed by atoms with Crippen LogP contribution in [0.3, 0.4) is 0 Å². The van der Waals surface area contributed by atoms with Crippen molar-refractivity contribution < 1.29 is 8.78 Å². The molecule has 25 heavy (non-hydrogen) atoms. The van der Waals surface area contributed by atoms with Gasteiger partial charge in [-0.1, -0.05) is 6.07 Å². The standard InChI is InChI=1S/C18H21BrF2N4/c1-22-18(25(3)10-12-7-11(19)9-24(12)2)23-16-8-13(16)17-14(20)5-4-6-15(17)21/h4-7,9,13,16H,8,10H2,1-3H3,(H,22,23). The Morgan fingerprint density at radius 2 is 2.08 bits per heavy atom. The van der Waals surface area contributed by atoms with Crippen molar-refractivity contribution in [2.75, 3.05) is 14.1 Å². The monoisotopic (exact) mass is 410 g/mol. The topological polar surface area (TPSA) is 32.6 Å². The number of nitrogens with zero attached hydrogens (tertiary/aromatic N) is 3. The number of rotatable bonds is 4. The maximum absolute atomic E-state index is 13.9. The number of benzene rings is 1. The zero-order chi connectivity index (χ0) is 18.1. The molecule has 1 aromatic carbocycles. The molecule has 1 aliphatic rings. The Kier molecular flexibility index (Phi) is 5.13. The molecule has 3 rings (SSSR count). The molecule has 0 spiro atoms. The molecule has 2 atom stereocenters. The Labute approximate surface area is 154 Å². The Morgan fingerprint density at radius 3 is 2.64 bits per heavy atom. The summed E-state index contributed by atoms with van der Waals surface area (Å²) in [7, 11) is 5.64. The van der Waals surface area contributed by atoms with Crippen LogP contribution in [0.2, 0.25) is 0 Å². The van der Waals surface area contributed by atoms with Gasteiger partial charge in [-0.3, -0.25) is 4.99 Å². The number of nitrogens with one attached hydrogen (secondary N) is 1. The van der Waals surface area contributed by atoms with E-state index < -0.39 is 11.6 Å². The first-order valence-electron chi connectivity index (χ1n) is 8.09. The number of halogens is 3. The highest BCUT2D eigenvalue weighted by Crippen LogP contribution is 2.43. The molecule has 0 radical (unpaired) electrons. The van der Waals surface area contributed by atoms with Gasteiger partial charge in [0.25, 0.3) is 0 Å². The highest BCUT2D eigenvalue weighted by molar-refractivity contribution is 9.10. The summed E-state index contributed by atoms with van der Waals surface area (Å²) < 4.78 is 30.9. The molecule has 1 heterocycles. The van der Waals surface area contributed by atoms with Gasteiger partial charge in [-0.15, -0.1) is 0 Å². The third-order valence-electron chi connectivity index (χ3n) is 4.52. The van der Waals surface area contributed by atoms with E-state index in [4.69, 9.17) is 0 Å². The number of hydrogen-bond donors (Lipinski definition) is 1. The van der Waals surface area contributed by atoms with Crippen LogP contribution in [0.25, 0.3) is 0 Å². The number of aromatic nitrogens is 1. The fraction of sp³-hybridized carbons (Fsp3) is 0.389. The quantitative estimate of drug-likeness (QED) is 0.616. The third-order valence-corrected chi connectivity index (χ3v) is 4.96. The predicted molar refractivity (Wildman–Crippen MR) is 98.6 cm³/mol. The van der Waals surface area contributed by atoms with Crippen LogP contribution < -0.4 is 5.32 Å². The predicted octanol–water partition coefficient (Wildman–Crippen LogP) is 3.63. The molecular formula is C18H21BrF2N4. The fourth-order valence-electron chi connectivity index (χ4n) is 3.09. The average Bonchev–Trinajstić information content (AvgIpc) is 3.22. The lowest BCUT2D eigenvalue weighted by atomic mass is 10.1. The molecule has 1 fully saturated rings. The van der Waals surface area contributed by atoms with Crippen LogP contribution in [-0.4, -0.2) is 35.6 Å². The minimum Gasteiger partial charge on any atom is -0.353 e. The number of aryl methyl sites for hydroxylation is 1. The van der Waals surface area contributed by atoms with Crippen molar-refractivity contribution in [3.63, 3.8) is 0 Å². The van der Waals surface area contributed by atoms with Gasteiger partial charge in [0.2, 0.25) is 0 Å². The molecule has 0 bridgehead atoms. The molecule has 2 aromatic rings. The largest absolute Gasteiger partial charge is 0.353 e. The maximum Gasteiger partial charge on any atom is 0.193 e. The second kappa shape index (κ2) is 7.15. The summed E-state index contributed by atoms with van der Waals surface area (Å²) in [5.74, 6) is -0.408. The van der Waals surface area contributed by atoms with E-state index >= 15 is 0 Å². The maximum atomic E-state index is 13.9. The first-order chi connectivity index (χ1) is 11.9. The zero-order valence-corrected chi connectivity index (χ0v) is 16.0. The van der Waals surface area contributed by atoms with Crippen LogP contribution in [0.4, 0.5) is 8.78 Å². The third kappa shape index (κ3) is 3.86. The van der Waals surface area contributed by atoms with Crippen molar-refractivity contribution in [1.29, 1.82) is 0 Å². The minimum atomic E-state index is -0.480. The van der Waals surface area contributed by atoms with Crippen molar-refractivity contribution in [2.45, 2.75) is 24.9 Å². The number of aliphatic imine (C=N–C) groups is 1. The van der Waals surface area contributed by atoms with Crippen LogP contribution in [0, 0.1) is 11.6 Å². The Hall–Kier alpha value is -1.89. The molecule has 4 nitrogen and oxygen atoms in total. The molecular weight excluding hydrogens is 390 g/mol. The van der Waals surface area contributed by atoms with E-state index in [-0.39, 0.29) is 17.5 Å². The molecule has 1 aromatic heterocycles. The van der Waals surface area contributed by atoms with E-state index in [1.807, 2.05) is 29.8 Å². The summed E-state index contributed by atoms with van der Waals surface area (Å²) in [5.41, 5.74) is 1.30. The van der Waals surface area contributed by atoms with E-state index in [0.29, 0.717) is 18.9 Å². The van der Waals surface area contributed by atoms with Crippen molar-refractivity contribution in [3.05, 3.63) is 57.8 Å². The second-order valence-corrected chi connectivity index (χ2v) is 7.31. The van der Waals surface area contributed by atoms with E-state index in [1.165, 1.54) is 18.2 Å². The van der Waals surface area contributed by atoms with Crippen molar-refractivity contribution >= 4 is 21.9 Å². The van der Waals surface area contributed by atoms with Crippen LogP contribution in [0.15, 0.2) is 39.9 Å². The van der Waals surface area contributed by atoms with Crippen molar-refractivity contribution in [1.82, 2.24) is 14.8 Å². The molecule has 7 heteroatoms. The van der Waals surface area contributed by atoms with Gasteiger partial charge < -0.3 is 14.8 Å². The van der Waals surface area contributed by atoms with Gasteiger partial charge in [-0.05, 0) is 40.5 Å². The average molecular weight is 411 g/mol. The first kappa shape index (κ1) is 17.9. The summed E-state index contributed by atoms with van der Waals surface area (Å²) in [4.78, 5) is 6.29. The van der Waals surface area contributed by atoms with Crippen LogP contribution in [0.5, 0.6) is 0 Å². The van der Waals surface area contributed by atoms with Crippen molar-refractivity contribution in [3.8, 4) is 0 Å². The summed E-state index contributed by atoms with van der Waals surface area (Å²) in [6.45, 7) is 0.674. The van der Waals surface area contributed by atoms with Gasteiger partial charge in [0, 0.05) is 55.0 Å².